The summed E-state index contributed by atoms with van der Waals surface area (Å²) in [4.78, 5) is 4.07. The third-order valence-electron chi connectivity index (χ3n) is 8.92. The van der Waals surface area contributed by atoms with Gasteiger partial charge in [0.2, 0.25) is 0 Å². The SMILES string of the molecule is C=C1/C(=C\C=C2/CCC[C@]3(C)[C@@H]([C@H](C)CCC[C@@H](O)c4cocn4)CC[C@@H]23)C[C@@H](O)C[C@@H]1O. The Kier molecular flexibility index (Phi) is 7.62. The van der Waals surface area contributed by atoms with Crippen LogP contribution in [0.5, 0.6) is 0 Å². The van der Waals surface area contributed by atoms with Crippen molar-refractivity contribution in [3.8, 4) is 0 Å². The molecule has 3 aliphatic carbocycles. The van der Waals surface area contributed by atoms with Crippen molar-refractivity contribution < 1.29 is 19.7 Å². The Morgan fingerprint density at radius 3 is 2.85 bits per heavy atom. The van der Waals surface area contributed by atoms with Crippen molar-refractivity contribution in [2.45, 2.75) is 96.4 Å². The second kappa shape index (κ2) is 10.3. The highest BCUT2D eigenvalue weighted by Crippen LogP contribution is 2.60. The van der Waals surface area contributed by atoms with E-state index in [-0.39, 0.29) is 0 Å². The van der Waals surface area contributed by atoms with Gasteiger partial charge in [0.05, 0.1) is 18.3 Å². The van der Waals surface area contributed by atoms with Gasteiger partial charge < -0.3 is 19.7 Å². The molecule has 5 heteroatoms. The summed E-state index contributed by atoms with van der Waals surface area (Å²) < 4.78 is 4.99. The molecule has 1 aromatic rings. The highest BCUT2D eigenvalue weighted by Gasteiger charge is 2.50. The Bertz CT molecular complexity index is 872. The van der Waals surface area contributed by atoms with E-state index in [9.17, 15) is 15.3 Å². The zero-order valence-corrected chi connectivity index (χ0v) is 20.2. The van der Waals surface area contributed by atoms with Crippen LogP contribution >= 0.6 is 0 Å². The van der Waals surface area contributed by atoms with Crippen LogP contribution in [0.3, 0.4) is 0 Å². The first-order chi connectivity index (χ1) is 15.8. The minimum Gasteiger partial charge on any atom is -0.451 e. The fourth-order valence-electron chi connectivity index (χ4n) is 7.05. The molecular formula is C28H41NO4. The Morgan fingerprint density at radius 1 is 1.27 bits per heavy atom. The molecule has 0 saturated heterocycles. The quantitative estimate of drug-likeness (QED) is 0.494. The average Bonchev–Trinajstić information content (AvgIpc) is 3.43. The molecule has 0 aliphatic heterocycles. The maximum absolute atomic E-state index is 10.3. The molecule has 3 saturated carbocycles. The second-order valence-electron chi connectivity index (χ2n) is 11.0. The lowest BCUT2D eigenvalue weighted by Crippen LogP contribution is -2.36. The van der Waals surface area contributed by atoms with Crippen molar-refractivity contribution in [3.63, 3.8) is 0 Å². The van der Waals surface area contributed by atoms with Gasteiger partial charge >= 0.3 is 0 Å². The zero-order chi connectivity index (χ0) is 23.6. The van der Waals surface area contributed by atoms with Gasteiger partial charge in [-0.05, 0) is 79.3 Å². The number of hydrogen-bond donors (Lipinski definition) is 3. The molecule has 0 spiro atoms. The summed E-state index contributed by atoms with van der Waals surface area (Å²) in [6.07, 6.45) is 15.7. The number of aliphatic hydroxyl groups excluding tert-OH is 3. The molecule has 3 fully saturated rings. The molecule has 0 amide bonds. The lowest BCUT2D eigenvalue weighted by molar-refractivity contribution is 0.0860. The second-order valence-corrected chi connectivity index (χ2v) is 11.0. The molecule has 182 valence electrons. The third kappa shape index (κ3) is 5.21. The number of allylic oxidation sites excluding steroid dienone is 3. The lowest BCUT2D eigenvalue weighted by Gasteiger charge is -2.44. The molecule has 0 aromatic carbocycles. The number of nitrogens with zero attached hydrogens (tertiary/aromatic N) is 1. The molecule has 7 atom stereocenters. The molecule has 33 heavy (non-hydrogen) atoms. The number of rotatable bonds is 7. The minimum absolute atomic E-state index is 0.329. The Balaban J connectivity index is 1.39. The van der Waals surface area contributed by atoms with Crippen LogP contribution in [0, 0.1) is 23.2 Å². The molecule has 3 aliphatic rings. The monoisotopic (exact) mass is 455 g/mol. The first kappa shape index (κ1) is 24.4. The Labute approximate surface area is 198 Å². The maximum atomic E-state index is 10.3. The van der Waals surface area contributed by atoms with Gasteiger partial charge in [-0.25, -0.2) is 4.98 Å². The Hall–Kier alpha value is -1.69. The van der Waals surface area contributed by atoms with E-state index in [1.807, 2.05) is 0 Å². The highest BCUT2D eigenvalue weighted by molar-refractivity contribution is 5.38. The molecular weight excluding hydrogens is 414 g/mol. The summed E-state index contributed by atoms with van der Waals surface area (Å²) in [5, 5.41) is 30.5. The lowest BCUT2D eigenvalue weighted by atomic mass is 9.60. The van der Waals surface area contributed by atoms with E-state index in [1.54, 1.807) is 0 Å². The van der Waals surface area contributed by atoms with Gasteiger partial charge in [0.25, 0.3) is 0 Å². The standard InChI is InChI=1S/C28H41NO4/c1-18(6-4-8-26(31)25-16-33-17-29-25)23-11-12-24-20(7-5-13-28(23,24)3)9-10-21-14-22(30)15-27(32)19(21)2/h9-10,16-18,22-24,26-27,30-32H,2,4-8,11-15H2,1,3H3/b20-9+,21-10-/t18-,22-,23-,24+,26-,27+,28-/m1/s1. The molecule has 0 bridgehead atoms. The molecule has 5 nitrogen and oxygen atoms in total. The van der Waals surface area contributed by atoms with Gasteiger partial charge in [0.1, 0.15) is 12.0 Å². The largest absolute Gasteiger partial charge is 0.451 e. The van der Waals surface area contributed by atoms with E-state index in [4.69, 9.17) is 4.42 Å². The smallest absolute Gasteiger partial charge is 0.180 e. The first-order valence-electron chi connectivity index (χ1n) is 12.8. The molecule has 0 radical (unpaired) electrons. The normalized spacial score (nSPS) is 36.8. The Morgan fingerprint density at radius 2 is 2.09 bits per heavy atom. The predicted octanol–water partition coefficient (Wildman–Crippen LogP) is 5.66. The van der Waals surface area contributed by atoms with Gasteiger partial charge in [0, 0.05) is 6.42 Å². The van der Waals surface area contributed by atoms with E-state index < -0.39 is 18.3 Å². The van der Waals surface area contributed by atoms with Crippen molar-refractivity contribution >= 4 is 0 Å². The van der Waals surface area contributed by atoms with Crippen LogP contribution in [-0.2, 0) is 0 Å². The molecule has 0 unspecified atom stereocenters. The maximum Gasteiger partial charge on any atom is 0.180 e. The van der Waals surface area contributed by atoms with Crippen LogP contribution in [0.1, 0.15) is 89.9 Å². The van der Waals surface area contributed by atoms with Crippen LogP contribution < -0.4 is 0 Å². The summed E-state index contributed by atoms with van der Waals surface area (Å²) in [7, 11) is 0. The van der Waals surface area contributed by atoms with Gasteiger partial charge in [-0.2, -0.15) is 0 Å². The van der Waals surface area contributed by atoms with E-state index in [0.717, 1.165) is 36.8 Å². The highest BCUT2D eigenvalue weighted by atomic mass is 16.3. The van der Waals surface area contributed by atoms with Crippen LogP contribution in [0.4, 0.5) is 0 Å². The van der Waals surface area contributed by atoms with Crippen LogP contribution in [-0.4, -0.2) is 32.5 Å². The summed E-state index contributed by atoms with van der Waals surface area (Å²) >= 11 is 0. The van der Waals surface area contributed by atoms with Crippen molar-refractivity contribution in [1.82, 2.24) is 4.98 Å². The molecule has 1 heterocycles. The van der Waals surface area contributed by atoms with Crippen molar-refractivity contribution in [2.24, 2.45) is 23.2 Å². The predicted molar refractivity (Wildman–Crippen MR) is 129 cm³/mol. The van der Waals surface area contributed by atoms with Crippen LogP contribution in [0.25, 0.3) is 0 Å². The summed E-state index contributed by atoms with van der Waals surface area (Å²) in [6, 6.07) is 0. The summed E-state index contributed by atoms with van der Waals surface area (Å²) in [5.41, 5.74) is 4.26. The number of hydrogen-bond acceptors (Lipinski definition) is 5. The number of fused-ring (bicyclic) bond motifs is 1. The number of aromatic nitrogens is 1. The third-order valence-corrected chi connectivity index (χ3v) is 8.92. The van der Waals surface area contributed by atoms with Gasteiger partial charge in [-0.3, -0.25) is 0 Å². The number of oxazole rings is 1. The van der Waals surface area contributed by atoms with E-state index in [1.165, 1.54) is 43.9 Å². The summed E-state index contributed by atoms with van der Waals surface area (Å²) in [5.74, 6) is 1.95. The summed E-state index contributed by atoms with van der Waals surface area (Å²) in [6.45, 7) is 8.96. The topological polar surface area (TPSA) is 86.7 Å². The van der Waals surface area contributed by atoms with Gasteiger partial charge in [-0.1, -0.05) is 51.0 Å². The van der Waals surface area contributed by atoms with Gasteiger partial charge in [0.15, 0.2) is 6.39 Å². The van der Waals surface area contributed by atoms with Crippen molar-refractivity contribution in [3.05, 3.63) is 53.8 Å². The van der Waals surface area contributed by atoms with E-state index in [2.05, 4.69) is 37.6 Å². The minimum atomic E-state index is -0.630. The van der Waals surface area contributed by atoms with Gasteiger partial charge in [-0.15, -0.1) is 0 Å². The van der Waals surface area contributed by atoms with E-state index >= 15 is 0 Å². The molecule has 1 aromatic heterocycles. The number of aliphatic hydroxyl groups is 3. The fourth-order valence-corrected chi connectivity index (χ4v) is 7.05. The van der Waals surface area contributed by atoms with E-state index in [0.29, 0.717) is 41.7 Å². The van der Waals surface area contributed by atoms with Crippen molar-refractivity contribution in [2.75, 3.05) is 0 Å². The van der Waals surface area contributed by atoms with Crippen molar-refractivity contribution in [1.29, 1.82) is 0 Å². The van der Waals surface area contributed by atoms with Crippen LogP contribution in [0.15, 0.2) is 52.5 Å². The fraction of sp³-hybridized carbons (Fsp3) is 0.679. The van der Waals surface area contributed by atoms with Crippen LogP contribution in [0.2, 0.25) is 0 Å². The average molecular weight is 456 g/mol. The zero-order valence-electron chi connectivity index (χ0n) is 20.2. The molecule has 4 rings (SSSR count). The first-order valence-corrected chi connectivity index (χ1v) is 12.8. The molecule has 3 N–H and O–H groups in total.